The number of thiocarbonyl (C=S) groups is 1. The Bertz CT molecular complexity index is 748. The van der Waals surface area contributed by atoms with Crippen LogP contribution < -0.4 is 9.47 Å². The first-order chi connectivity index (χ1) is 13.0. The molecular formula is C19H23NO5S2. The second kappa shape index (κ2) is 10.3. The molecule has 1 aromatic rings. The van der Waals surface area contributed by atoms with Crippen LogP contribution in [0.25, 0.3) is 6.08 Å². The second-order valence-electron chi connectivity index (χ2n) is 5.88. The summed E-state index contributed by atoms with van der Waals surface area (Å²) in [7, 11) is 1.58. The largest absolute Gasteiger partial charge is 0.493 e. The number of hydrogen-bond acceptors (Lipinski definition) is 6. The van der Waals surface area contributed by atoms with Gasteiger partial charge in [-0.2, -0.15) is 0 Å². The molecule has 2 rings (SSSR count). The second-order valence-corrected chi connectivity index (χ2v) is 7.56. The van der Waals surface area contributed by atoms with Gasteiger partial charge in [0.15, 0.2) is 11.5 Å². The number of benzene rings is 1. The lowest BCUT2D eigenvalue weighted by Crippen LogP contribution is -2.29. The quantitative estimate of drug-likeness (QED) is 0.356. The van der Waals surface area contributed by atoms with Crippen LogP contribution in [-0.4, -0.2) is 46.5 Å². The van der Waals surface area contributed by atoms with Crippen molar-refractivity contribution in [3.05, 3.63) is 28.7 Å². The number of carboxylic acids is 1. The maximum Gasteiger partial charge on any atom is 0.303 e. The number of hydrogen-bond donors (Lipinski definition) is 1. The molecule has 0 bridgehead atoms. The number of carbonyl (C=O) groups excluding carboxylic acids is 1. The molecule has 1 aromatic carbocycles. The predicted octanol–water partition coefficient (Wildman–Crippen LogP) is 3.94. The van der Waals surface area contributed by atoms with Gasteiger partial charge in [0.05, 0.1) is 18.6 Å². The number of nitrogens with zero attached hydrogens (tertiary/aromatic N) is 1. The molecule has 1 aliphatic heterocycles. The van der Waals surface area contributed by atoms with Crippen molar-refractivity contribution < 1.29 is 24.2 Å². The van der Waals surface area contributed by atoms with Gasteiger partial charge in [0.1, 0.15) is 4.32 Å². The average molecular weight is 410 g/mol. The molecule has 1 heterocycles. The van der Waals surface area contributed by atoms with Crippen LogP contribution in [0.4, 0.5) is 0 Å². The van der Waals surface area contributed by atoms with Crippen molar-refractivity contribution in [3.8, 4) is 11.5 Å². The predicted molar refractivity (Wildman–Crippen MR) is 110 cm³/mol. The Morgan fingerprint density at radius 2 is 2.07 bits per heavy atom. The highest BCUT2D eigenvalue weighted by Gasteiger charge is 2.31. The Morgan fingerprint density at radius 3 is 2.74 bits per heavy atom. The molecule has 27 heavy (non-hydrogen) atoms. The van der Waals surface area contributed by atoms with Crippen molar-refractivity contribution in [2.45, 2.75) is 32.6 Å². The molecule has 6 nitrogen and oxygen atoms in total. The zero-order valence-corrected chi connectivity index (χ0v) is 17.0. The molecule has 0 radical (unpaired) electrons. The molecule has 0 aliphatic carbocycles. The van der Waals surface area contributed by atoms with Crippen LogP contribution in [0.3, 0.4) is 0 Å². The van der Waals surface area contributed by atoms with Gasteiger partial charge in [-0.3, -0.25) is 14.5 Å². The molecule has 1 saturated heterocycles. The number of amides is 1. The first-order valence-electron chi connectivity index (χ1n) is 8.74. The minimum absolute atomic E-state index is 0.114. The van der Waals surface area contributed by atoms with E-state index in [-0.39, 0.29) is 12.3 Å². The Labute approximate surface area is 168 Å². The van der Waals surface area contributed by atoms with Crippen molar-refractivity contribution in [1.82, 2.24) is 4.90 Å². The van der Waals surface area contributed by atoms with Gasteiger partial charge in [0.25, 0.3) is 5.91 Å². The SMILES string of the molecule is CCOc1cc(/C=C2\SC(=S)N(CCCCCC(=O)O)C2=O)ccc1OC. The Hall–Kier alpha value is -2.06. The number of methoxy groups -OCH3 is 1. The third-order valence-electron chi connectivity index (χ3n) is 3.93. The van der Waals surface area contributed by atoms with E-state index in [4.69, 9.17) is 26.8 Å². The number of thioether (sulfide) groups is 1. The van der Waals surface area contributed by atoms with Gasteiger partial charge in [0.2, 0.25) is 0 Å². The van der Waals surface area contributed by atoms with Crippen molar-refractivity contribution in [2.24, 2.45) is 0 Å². The molecule has 0 aromatic heterocycles. The molecule has 0 atom stereocenters. The summed E-state index contributed by atoms with van der Waals surface area (Å²) in [5.41, 5.74) is 0.834. The van der Waals surface area contributed by atoms with Gasteiger partial charge in [-0.05, 0) is 43.5 Å². The minimum Gasteiger partial charge on any atom is -0.493 e. The van der Waals surface area contributed by atoms with E-state index in [1.54, 1.807) is 24.2 Å². The van der Waals surface area contributed by atoms with Gasteiger partial charge in [-0.1, -0.05) is 36.5 Å². The van der Waals surface area contributed by atoms with Crippen LogP contribution in [0.15, 0.2) is 23.1 Å². The molecule has 0 unspecified atom stereocenters. The zero-order chi connectivity index (χ0) is 19.8. The molecule has 8 heteroatoms. The molecule has 0 spiro atoms. The number of carbonyl (C=O) groups is 2. The molecule has 0 saturated carbocycles. The zero-order valence-electron chi connectivity index (χ0n) is 15.4. The summed E-state index contributed by atoms with van der Waals surface area (Å²) in [6.07, 6.45) is 4.03. The normalized spacial score (nSPS) is 15.5. The van der Waals surface area contributed by atoms with E-state index in [0.717, 1.165) is 18.4 Å². The summed E-state index contributed by atoms with van der Waals surface area (Å²) in [5.74, 6) is 0.358. The topological polar surface area (TPSA) is 76.1 Å². The van der Waals surface area contributed by atoms with E-state index < -0.39 is 5.97 Å². The summed E-state index contributed by atoms with van der Waals surface area (Å²) in [5, 5.41) is 8.66. The fourth-order valence-electron chi connectivity index (χ4n) is 2.62. The fraction of sp³-hybridized carbons (Fsp3) is 0.421. The number of ether oxygens (including phenoxy) is 2. The van der Waals surface area contributed by atoms with Crippen LogP contribution in [0.2, 0.25) is 0 Å². The van der Waals surface area contributed by atoms with Crippen molar-refractivity contribution >= 4 is 46.3 Å². The highest BCUT2D eigenvalue weighted by atomic mass is 32.2. The first-order valence-corrected chi connectivity index (χ1v) is 9.96. The fourth-order valence-corrected chi connectivity index (χ4v) is 3.93. The number of rotatable bonds is 10. The lowest BCUT2D eigenvalue weighted by molar-refractivity contribution is -0.137. The number of carboxylic acid groups (broad SMARTS) is 1. The van der Waals surface area contributed by atoms with Crippen molar-refractivity contribution in [1.29, 1.82) is 0 Å². The summed E-state index contributed by atoms with van der Waals surface area (Å²) >= 11 is 6.60. The van der Waals surface area contributed by atoms with Crippen molar-refractivity contribution in [2.75, 3.05) is 20.3 Å². The third kappa shape index (κ3) is 5.97. The standard InChI is InChI=1S/C19H23NO5S2/c1-3-25-15-11-13(8-9-14(15)24-2)12-16-18(23)20(19(26)27-16)10-6-4-5-7-17(21)22/h8-9,11-12H,3-7,10H2,1-2H3,(H,21,22)/b16-12-. The van der Waals surface area contributed by atoms with Gasteiger partial charge in [0, 0.05) is 13.0 Å². The summed E-state index contributed by atoms with van der Waals surface area (Å²) in [4.78, 5) is 25.3. The van der Waals surface area contributed by atoms with E-state index in [0.29, 0.717) is 40.3 Å². The van der Waals surface area contributed by atoms with Crippen LogP contribution in [0, 0.1) is 0 Å². The molecule has 1 N–H and O–H groups in total. The van der Waals surface area contributed by atoms with Crippen LogP contribution in [-0.2, 0) is 9.59 Å². The van der Waals surface area contributed by atoms with Crippen LogP contribution in [0.1, 0.15) is 38.2 Å². The number of aliphatic carboxylic acids is 1. The van der Waals surface area contributed by atoms with Crippen molar-refractivity contribution in [3.63, 3.8) is 0 Å². The van der Waals surface area contributed by atoms with Gasteiger partial charge in [-0.15, -0.1) is 0 Å². The molecule has 1 fully saturated rings. The average Bonchev–Trinajstić information content (AvgIpc) is 2.89. The number of unbranched alkanes of at least 4 members (excludes halogenated alkanes) is 2. The monoisotopic (exact) mass is 409 g/mol. The van der Waals surface area contributed by atoms with Crippen LogP contribution >= 0.6 is 24.0 Å². The van der Waals surface area contributed by atoms with E-state index in [1.165, 1.54) is 11.8 Å². The molecule has 146 valence electrons. The third-order valence-corrected chi connectivity index (χ3v) is 5.31. The van der Waals surface area contributed by atoms with E-state index in [9.17, 15) is 9.59 Å². The lowest BCUT2D eigenvalue weighted by Gasteiger charge is -2.13. The Balaban J connectivity index is 2.03. The van der Waals surface area contributed by atoms with E-state index in [1.807, 2.05) is 19.1 Å². The van der Waals surface area contributed by atoms with E-state index in [2.05, 4.69) is 0 Å². The van der Waals surface area contributed by atoms with E-state index >= 15 is 0 Å². The Kier molecular flexibility index (Phi) is 8.12. The van der Waals surface area contributed by atoms with Crippen LogP contribution in [0.5, 0.6) is 11.5 Å². The summed E-state index contributed by atoms with van der Waals surface area (Å²) in [6, 6.07) is 5.50. The summed E-state index contributed by atoms with van der Waals surface area (Å²) in [6.45, 7) is 2.92. The highest BCUT2D eigenvalue weighted by molar-refractivity contribution is 8.26. The minimum atomic E-state index is -0.797. The smallest absolute Gasteiger partial charge is 0.303 e. The Morgan fingerprint density at radius 1 is 1.30 bits per heavy atom. The molecule has 1 aliphatic rings. The van der Waals surface area contributed by atoms with Gasteiger partial charge in [-0.25, -0.2) is 0 Å². The van der Waals surface area contributed by atoms with Gasteiger partial charge >= 0.3 is 5.97 Å². The first kappa shape index (κ1) is 21.2. The molecular weight excluding hydrogens is 386 g/mol. The molecule has 1 amide bonds. The maximum absolute atomic E-state index is 12.6. The summed E-state index contributed by atoms with van der Waals surface area (Å²) < 4.78 is 11.4. The maximum atomic E-state index is 12.6. The van der Waals surface area contributed by atoms with Gasteiger partial charge < -0.3 is 14.6 Å². The lowest BCUT2D eigenvalue weighted by atomic mass is 10.1. The highest BCUT2D eigenvalue weighted by Crippen LogP contribution is 2.35.